The van der Waals surface area contributed by atoms with Gasteiger partial charge in [0.25, 0.3) is 5.91 Å². The van der Waals surface area contributed by atoms with E-state index in [1.54, 1.807) is 36.4 Å². The summed E-state index contributed by atoms with van der Waals surface area (Å²) in [4.78, 5) is 26.4. The molecule has 33 heavy (non-hydrogen) atoms. The first kappa shape index (κ1) is 23.1. The van der Waals surface area contributed by atoms with E-state index in [2.05, 4.69) is 37.2 Å². The van der Waals surface area contributed by atoms with Crippen LogP contribution in [0.3, 0.4) is 0 Å². The van der Waals surface area contributed by atoms with Crippen molar-refractivity contribution in [3.8, 4) is 11.5 Å². The van der Waals surface area contributed by atoms with Crippen LogP contribution in [0.15, 0.2) is 81.4 Å². The fraction of sp³-hybridized carbons (Fsp3) is 0.120. The third-order valence-corrected chi connectivity index (χ3v) is 5.95. The molecule has 0 atom stereocenters. The van der Waals surface area contributed by atoms with Crippen LogP contribution >= 0.6 is 31.9 Å². The number of imide groups is 1. The highest BCUT2D eigenvalue weighted by Crippen LogP contribution is 2.38. The fourth-order valence-corrected chi connectivity index (χ4v) is 4.16. The molecule has 0 saturated carbocycles. The van der Waals surface area contributed by atoms with Gasteiger partial charge >= 0.3 is 6.03 Å². The third-order valence-electron chi connectivity index (χ3n) is 4.83. The van der Waals surface area contributed by atoms with Crippen molar-refractivity contribution in [2.45, 2.75) is 13.5 Å². The van der Waals surface area contributed by atoms with Crippen LogP contribution < -0.4 is 19.7 Å². The molecule has 0 radical (unpaired) electrons. The average molecular weight is 572 g/mol. The van der Waals surface area contributed by atoms with Gasteiger partial charge in [0.15, 0.2) is 11.5 Å². The minimum atomic E-state index is -0.490. The second-order valence-electron chi connectivity index (χ2n) is 7.14. The number of halogens is 2. The van der Waals surface area contributed by atoms with E-state index in [9.17, 15) is 9.59 Å². The molecule has 8 heteroatoms. The highest BCUT2D eigenvalue weighted by molar-refractivity contribution is 9.10. The summed E-state index contributed by atoms with van der Waals surface area (Å²) in [6, 6.07) is 19.8. The fourth-order valence-electron chi connectivity index (χ4n) is 3.32. The van der Waals surface area contributed by atoms with Gasteiger partial charge in [0.05, 0.1) is 16.8 Å². The topological polar surface area (TPSA) is 67.9 Å². The van der Waals surface area contributed by atoms with Gasteiger partial charge < -0.3 is 14.8 Å². The zero-order chi connectivity index (χ0) is 23.4. The predicted octanol–water partition coefficient (Wildman–Crippen LogP) is 6.29. The average Bonchev–Trinajstić information content (AvgIpc) is 3.08. The molecule has 3 amide bonds. The summed E-state index contributed by atoms with van der Waals surface area (Å²) in [6.07, 6.45) is 1.62. The molecule has 1 saturated heterocycles. The molecule has 3 aromatic rings. The number of benzene rings is 3. The van der Waals surface area contributed by atoms with Gasteiger partial charge in [0, 0.05) is 4.47 Å². The molecular formula is C25H20Br2N2O4. The summed E-state index contributed by atoms with van der Waals surface area (Å²) in [5.41, 5.74) is 2.39. The first-order valence-electron chi connectivity index (χ1n) is 10.2. The molecular weight excluding hydrogens is 552 g/mol. The zero-order valence-corrected chi connectivity index (χ0v) is 20.9. The number of para-hydroxylation sites is 1. The van der Waals surface area contributed by atoms with E-state index in [0.29, 0.717) is 40.4 Å². The van der Waals surface area contributed by atoms with Crippen molar-refractivity contribution >= 4 is 55.6 Å². The summed E-state index contributed by atoms with van der Waals surface area (Å²) in [5, 5.41) is 2.64. The van der Waals surface area contributed by atoms with E-state index in [1.807, 2.05) is 43.3 Å². The molecule has 4 rings (SSSR count). The van der Waals surface area contributed by atoms with Crippen molar-refractivity contribution in [3.63, 3.8) is 0 Å². The van der Waals surface area contributed by atoms with Gasteiger partial charge in [0.1, 0.15) is 12.3 Å². The number of ether oxygens (including phenoxy) is 2. The van der Waals surface area contributed by atoms with Gasteiger partial charge in [-0.3, -0.25) is 4.79 Å². The number of hydrogen-bond acceptors (Lipinski definition) is 4. The number of nitrogens with one attached hydrogen (secondary N) is 1. The van der Waals surface area contributed by atoms with E-state index in [-0.39, 0.29) is 5.70 Å². The molecule has 0 aromatic heterocycles. The van der Waals surface area contributed by atoms with Crippen LogP contribution in [0.25, 0.3) is 6.08 Å². The maximum atomic E-state index is 12.9. The Kier molecular flexibility index (Phi) is 7.15. The molecule has 0 bridgehead atoms. The number of rotatable bonds is 7. The van der Waals surface area contributed by atoms with Gasteiger partial charge in [-0.25, -0.2) is 9.69 Å². The SMILES string of the molecule is CCOc1cc(/C=C2/NC(=O)N(c3ccccc3)C2=O)cc(Br)c1OCc1ccc(Br)cc1. The van der Waals surface area contributed by atoms with Gasteiger partial charge in [-0.1, -0.05) is 46.3 Å². The molecule has 168 valence electrons. The van der Waals surface area contributed by atoms with Crippen molar-refractivity contribution in [1.29, 1.82) is 0 Å². The number of hydrogen-bond donors (Lipinski definition) is 1. The van der Waals surface area contributed by atoms with E-state index in [4.69, 9.17) is 9.47 Å². The van der Waals surface area contributed by atoms with Crippen LogP contribution in [-0.2, 0) is 11.4 Å². The lowest BCUT2D eigenvalue weighted by atomic mass is 10.1. The number of amides is 3. The Morgan fingerprint density at radius 3 is 2.39 bits per heavy atom. The number of urea groups is 1. The molecule has 0 aliphatic carbocycles. The molecule has 1 fully saturated rings. The molecule has 1 N–H and O–H groups in total. The van der Waals surface area contributed by atoms with E-state index >= 15 is 0 Å². The van der Waals surface area contributed by atoms with Crippen LogP contribution in [0, 0.1) is 0 Å². The largest absolute Gasteiger partial charge is 0.490 e. The lowest BCUT2D eigenvalue weighted by molar-refractivity contribution is -0.113. The normalized spacial score (nSPS) is 14.5. The lowest BCUT2D eigenvalue weighted by Crippen LogP contribution is -2.30. The Bertz CT molecular complexity index is 1210. The molecule has 0 unspecified atom stereocenters. The maximum Gasteiger partial charge on any atom is 0.333 e. The Morgan fingerprint density at radius 2 is 1.70 bits per heavy atom. The second kappa shape index (κ2) is 10.2. The smallest absolute Gasteiger partial charge is 0.333 e. The van der Waals surface area contributed by atoms with Crippen molar-refractivity contribution < 1.29 is 19.1 Å². The number of carbonyl (C=O) groups excluding carboxylic acids is 2. The minimum Gasteiger partial charge on any atom is -0.490 e. The molecule has 0 spiro atoms. The number of carbonyl (C=O) groups is 2. The van der Waals surface area contributed by atoms with Crippen molar-refractivity contribution in [3.05, 3.63) is 92.5 Å². The summed E-state index contributed by atoms with van der Waals surface area (Å²) in [6.45, 7) is 2.70. The van der Waals surface area contributed by atoms with Crippen molar-refractivity contribution in [1.82, 2.24) is 5.32 Å². The molecule has 6 nitrogen and oxygen atoms in total. The summed E-state index contributed by atoms with van der Waals surface area (Å²) in [5.74, 6) is 0.679. The predicted molar refractivity (Wildman–Crippen MR) is 134 cm³/mol. The van der Waals surface area contributed by atoms with Crippen LogP contribution in [0.5, 0.6) is 11.5 Å². The Balaban J connectivity index is 1.59. The van der Waals surface area contributed by atoms with Crippen LogP contribution in [0.1, 0.15) is 18.1 Å². The third kappa shape index (κ3) is 5.29. The van der Waals surface area contributed by atoms with Gasteiger partial charge in [-0.05, 0) is 76.5 Å². The van der Waals surface area contributed by atoms with E-state index < -0.39 is 11.9 Å². The molecule has 3 aromatic carbocycles. The summed E-state index contributed by atoms with van der Waals surface area (Å²) >= 11 is 6.98. The van der Waals surface area contributed by atoms with Gasteiger partial charge in [0.2, 0.25) is 0 Å². The zero-order valence-electron chi connectivity index (χ0n) is 17.7. The number of nitrogens with zero attached hydrogens (tertiary/aromatic N) is 1. The maximum absolute atomic E-state index is 12.9. The summed E-state index contributed by atoms with van der Waals surface area (Å²) in [7, 11) is 0. The van der Waals surface area contributed by atoms with Crippen LogP contribution in [-0.4, -0.2) is 18.5 Å². The number of anilines is 1. The van der Waals surface area contributed by atoms with Gasteiger partial charge in [-0.15, -0.1) is 0 Å². The second-order valence-corrected chi connectivity index (χ2v) is 8.91. The van der Waals surface area contributed by atoms with Crippen molar-refractivity contribution in [2.24, 2.45) is 0 Å². The standard InChI is InChI=1S/C25H20Br2N2O4/c1-2-32-22-14-17(12-20(27)23(22)33-15-16-8-10-18(26)11-9-16)13-21-24(30)29(25(31)28-21)19-6-4-3-5-7-19/h3-14H,2,15H2,1H3,(H,28,31)/b21-13+. The van der Waals surface area contributed by atoms with E-state index in [0.717, 1.165) is 14.9 Å². The first-order valence-corrected chi connectivity index (χ1v) is 11.8. The lowest BCUT2D eigenvalue weighted by Gasteiger charge is -2.15. The van der Waals surface area contributed by atoms with Crippen LogP contribution in [0.4, 0.5) is 10.5 Å². The minimum absolute atomic E-state index is 0.182. The Labute approximate surface area is 208 Å². The summed E-state index contributed by atoms with van der Waals surface area (Å²) < 4.78 is 13.5. The van der Waals surface area contributed by atoms with E-state index in [1.165, 1.54) is 0 Å². The quantitative estimate of drug-likeness (QED) is 0.267. The van der Waals surface area contributed by atoms with Gasteiger partial charge in [-0.2, -0.15) is 0 Å². The molecule has 1 heterocycles. The highest BCUT2D eigenvalue weighted by Gasteiger charge is 2.34. The monoisotopic (exact) mass is 570 g/mol. The first-order chi connectivity index (χ1) is 16.0. The van der Waals surface area contributed by atoms with Crippen LogP contribution in [0.2, 0.25) is 0 Å². The molecule has 1 aliphatic heterocycles. The Morgan fingerprint density at radius 1 is 0.970 bits per heavy atom. The Hall–Kier alpha value is -3.10. The highest BCUT2D eigenvalue weighted by atomic mass is 79.9. The van der Waals surface area contributed by atoms with Crippen molar-refractivity contribution in [2.75, 3.05) is 11.5 Å². The molecule has 1 aliphatic rings.